The van der Waals surface area contributed by atoms with E-state index in [2.05, 4.69) is 24.1 Å². The summed E-state index contributed by atoms with van der Waals surface area (Å²) in [7, 11) is 0. The number of imide groups is 1. The first-order valence-electron chi connectivity index (χ1n) is 9.49. The van der Waals surface area contributed by atoms with Crippen molar-refractivity contribution in [2.75, 3.05) is 0 Å². The minimum absolute atomic E-state index is 0.0581. The summed E-state index contributed by atoms with van der Waals surface area (Å²) in [5, 5.41) is 2.46. The molecule has 8 heteroatoms. The maximum Gasteiger partial charge on any atom is 0.318 e. The van der Waals surface area contributed by atoms with Crippen molar-refractivity contribution in [3.05, 3.63) is 34.6 Å². The minimum Gasteiger partial charge on any atom is -0.351 e. The van der Waals surface area contributed by atoms with Crippen LogP contribution in [0.25, 0.3) is 10.9 Å². The van der Waals surface area contributed by atoms with Gasteiger partial charge in [0.05, 0.1) is 16.2 Å². The zero-order valence-electron chi connectivity index (χ0n) is 16.8. The van der Waals surface area contributed by atoms with E-state index in [9.17, 15) is 14.4 Å². The number of thioether (sulfide) groups is 1. The van der Waals surface area contributed by atoms with Crippen LogP contribution in [-0.2, 0) is 4.79 Å². The molecular formula is C20H28N4O3S. The number of hydrogen-bond acceptors (Lipinski definition) is 5. The molecule has 0 radical (unpaired) electrons. The van der Waals surface area contributed by atoms with Gasteiger partial charge in [-0.25, -0.2) is 9.78 Å². The molecule has 0 saturated carbocycles. The molecule has 1 aromatic heterocycles. The van der Waals surface area contributed by atoms with Crippen LogP contribution in [0.15, 0.2) is 34.2 Å². The van der Waals surface area contributed by atoms with Gasteiger partial charge in [0.1, 0.15) is 0 Å². The number of carbonyl (C=O) groups is 2. The molecule has 28 heavy (non-hydrogen) atoms. The fourth-order valence-electron chi connectivity index (χ4n) is 2.98. The van der Waals surface area contributed by atoms with Gasteiger partial charge in [0, 0.05) is 6.04 Å². The van der Waals surface area contributed by atoms with Gasteiger partial charge in [0.15, 0.2) is 5.16 Å². The molecular weight excluding hydrogens is 376 g/mol. The highest BCUT2D eigenvalue weighted by molar-refractivity contribution is 8.00. The molecule has 0 spiro atoms. The molecule has 0 saturated heterocycles. The zero-order chi connectivity index (χ0) is 20.8. The number of primary amides is 1. The number of fused-ring (bicyclic) bond motifs is 1. The van der Waals surface area contributed by atoms with Gasteiger partial charge in [-0.05, 0) is 38.3 Å². The van der Waals surface area contributed by atoms with Crippen LogP contribution in [0, 0.1) is 5.92 Å². The Balaban J connectivity index is 2.40. The number of hydrogen-bond donors (Lipinski definition) is 2. The van der Waals surface area contributed by atoms with E-state index >= 15 is 0 Å². The second-order valence-electron chi connectivity index (χ2n) is 7.37. The first-order valence-corrected chi connectivity index (χ1v) is 10.4. The topological polar surface area (TPSA) is 107 Å². The monoisotopic (exact) mass is 404 g/mol. The molecule has 2 atom stereocenters. The average molecular weight is 405 g/mol. The van der Waals surface area contributed by atoms with Gasteiger partial charge in [0.25, 0.3) is 5.56 Å². The molecule has 7 nitrogen and oxygen atoms in total. The van der Waals surface area contributed by atoms with E-state index in [1.807, 2.05) is 19.1 Å². The lowest BCUT2D eigenvalue weighted by atomic mass is 10.0. The van der Waals surface area contributed by atoms with Crippen LogP contribution in [0.5, 0.6) is 0 Å². The molecule has 2 aromatic rings. The van der Waals surface area contributed by atoms with Crippen molar-refractivity contribution >= 4 is 34.6 Å². The molecule has 0 fully saturated rings. The molecule has 1 aromatic carbocycles. The highest BCUT2D eigenvalue weighted by atomic mass is 32.2. The molecule has 0 bridgehead atoms. The number of para-hydroxylation sites is 1. The Bertz CT molecular complexity index is 910. The van der Waals surface area contributed by atoms with Crippen LogP contribution in [0.2, 0.25) is 0 Å². The SMILES string of the molecule is CC(C)CCC[C@H](C)n1c(S[C@@H](C)C(=O)NC(N)=O)nc2ccccc2c1=O. The van der Waals surface area contributed by atoms with E-state index in [1.54, 1.807) is 23.6 Å². The molecule has 2 rings (SSSR count). The minimum atomic E-state index is -0.900. The highest BCUT2D eigenvalue weighted by Gasteiger charge is 2.22. The lowest BCUT2D eigenvalue weighted by molar-refractivity contribution is -0.119. The van der Waals surface area contributed by atoms with Crippen molar-refractivity contribution in [2.24, 2.45) is 11.7 Å². The van der Waals surface area contributed by atoms with Crippen LogP contribution in [0.1, 0.15) is 53.0 Å². The van der Waals surface area contributed by atoms with Crippen LogP contribution in [0.4, 0.5) is 4.79 Å². The van der Waals surface area contributed by atoms with Crippen molar-refractivity contribution in [2.45, 2.75) is 63.4 Å². The number of nitrogens with one attached hydrogen (secondary N) is 1. The lowest BCUT2D eigenvalue weighted by Gasteiger charge is -2.21. The molecule has 3 amide bonds. The summed E-state index contributed by atoms with van der Waals surface area (Å²) in [6.45, 7) is 8.00. The zero-order valence-corrected chi connectivity index (χ0v) is 17.6. The van der Waals surface area contributed by atoms with Crippen molar-refractivity contribution < 1.29 is 9.59 Å². The molecule has 0 aliphatic carbocycles. The largest absolute Gasteiger partial charge is 0.351 e. The summed E-state index contributed by atoms with van der Waals surface area (Å²) < 4.78 is 1.67. The third-order valence-electron chi connectivity index (χ3n) is 4.52. The Kier molecular flexibility index (Phi) is 7.62. The van der Waals surface area contributed by atoms with E-state index in [1.165, 1.54) is 0 Å². The molecule has 0 aliphatic heterocycles. The highest BCUT2D eigenvalue weighted by Crippen LogP contribution is 2.27. The van der Waals surface area contributed by atoms with E-state index in [4.69, 9.17) is 5.73 Å². The Morgan fingerprint density at radius 1 is 1.18 bits per heavy atom. The van der Waals surface area contributed by atoms with Crippen LogP contribution >= 0.6 is 11.8 Å². The summed E-state index contributed by atoms with van der Waals surface area (Å²) in [4.78, 5) is 40.8. The van der Waals surface area contributed by atoms with Crippen molar-refractivity contribution in [3.63, 3.8) is 0 Å². The Labute approximate surface area is 169 Å². The quantitative estimate of drug-likeness (QED) is 0.517. The maximum absolute atomic E-state index is 13.2. The Morgan fingerprint density at radius 2 is 1.86 bits per heavy atom. The number of rotatable bonds is 8. The summed E-state index contributed by atoms with van der Waals surface area (Å²) in [6.07, 6.45) is 2.92. The summed E-state index contributed by atoms with van der Waals surface area (Å²) in [5.74, 6) is 0.0870. The number of urea groups is 1. The standard InChI is InChI=1S/C20H28N4O3S/c1-12(2)8-7-9-13(3)24-18(26)15-10-5-6-11-16(15)22-20(24)28-14(4)17(25)23-19(21)27/h5-6,10-14H,7-9H2,1-4H3,(H3,21,23,25,27)/t13-,14-/m0/s1. The van der Waals surface area contributed by atoms with Crippen LogP contribution in [0.3, 0.4) is 0 Å². The maximum atomic E-state index is 13.2. The number of aromatic nitrogens is 2. The predicted octanol–water partition coefficient (Wildman–Crippen LogP) is 3.46. The molecule has 152 valence electrons. The third kappa shape index (κ3) is 5.58. The fourth-order valence-corrected chi connectivity index (χ4v) is 3.99. The number of carbonyl (C=O) groups excluding carboxylic acids is 2. The second-order valence-corrected chi connectivity index (χ2v) is 8.68. The van der Waals surface area contributed by atoms with Crippen molar-refractivity contribution in [3.8, 4) is 0 Å². The van der Waals surface area contributed by atoms with Gasteiger partial charge in [-0.3, -0.25) is 19.5 Å². The van der Waals surface area contributed by atoms with E-state index in [-0.39, 0.29) is 11.6 Å². The number of amides is 3. The number of benzene rings is 1. The van der Waals surface area contributed by atoms with Gasteiger partial charge in [-0.15, -0.1) is 0 Å². The van der Waals surface area contributed by atoms with Crippen molar-refractivity contribution in [1.29, 1.82) is 0 Å². The smallest absolute Gasteiger partial charge is 0.318 e. The van der Waals surface area contributed by atoms with Gasteiger partial charge in [-0.1, -0.05) is 50.6 Å². The van der Waals surface area contributed by atoms with Crippen LogP contribution < -0.4 is 16.6 Å². The summed E-state index contributed by atoms with van der Waals surface area (Å²) in [5.41, 5.74) is 5.50. The normalized spacial score (nSPS) is 13.5. The van der Waals surface area contributed by atoms with Gasteiger partial charge < -0.3 is 5.73 Å². The molecule has 3 N–H and O–H groups in total. The van der Waals surface area contributed by atoms with Gasteiger partial charge in [-0.2, -0.15) is 0 Å². The fraction of sp³-hybridized carbons (Fsp3) is 0.500. The van der Waals surface area contributed by atoms with Crippen LogP contribution in [-0.4, -0.2) is 26.7 Å². The molecule has 1 heterocycles. The van der Waals surface area contributed by atoms with E-state index in [0.717, 1.165) is 31.0 Å². The summed E-state index contributed by atoms with van der Waals surface area (Å²) in [6, 6.07) is 6.22. The van der Waals surface area contributed by atoms with Gasteiger partial charge in [0.2, 0.25) is 5.91 Å². The number of nitrogens with zero attached hydrogens (tertiary/aromatic N) is 2. The lowest BCUT2D eigenvalue weighted by Crippen LogP contribution is -2.39. The van der Waals surface area contributed by atoms with Gasteiger partial charge >= 0.3 is 6.03 Å². The van der Waals surface area contributed by atoms with E-state index in [0.29, 0.717) is 22.0 Å². The van der Waals surface area contributed by atoms with E-state index < -0.39 is 17.2 Å². The molecule has 0 aliphatic rings. The third-order valence-corrected chi connectivity index (χ3v) is 5.58. The Hall–Kier alpha value is -2.35. The second kappa shape index (κ2) is 9.73. The first-order chi connectivity index (χ1) is 13.2. The number of nitrogens with two attached hydrogens (primary N) is 1. The average Bonchev–Trinajstić information content (AvgIpc) is 2.60. The first kappa shape index (κ1) is 21.9. The summed E-state index contributed by atoms with van der Waals surface area (Å²) >= 11 is 1.15. The molecule has 0 unspecified atom stereocenters. The Morgan fingerprint density at radius 3 is 2.50 bits per heavy atom. The predicted molar refractivity (Wildman–Crippen MR) is 112 cm³/mol. The van der Waals surface area contributed by atoms with Crippen molar-refractivity contribution in [1.82, 2.24) is 14.9 Å².